The number of hydrogen-bond donors (Lipinski definition) is 2. The third-order valence-corrected chi connectivity index (χ3v) is 3.73. The molecule has 0 amide bonds. The first-order chi connectivity index (χ1) is 8.97. The van der Waals surface area contributed by atoms with E-state index >= 15 is 0 Å². The van der Waals surface area contributed by atoms with Crippen LogP contribution in [0, 0.1) is 11.8 Å². The zero-order valence-corrected chi connectivity index (χ0v) is 13.2. The van der Waals surface area contributed by atoms with Crippen LogP contribution in [-0.2, 0) is 0 Å². The normalized spacial score (nSPS) is 20.4. The topological polar surface area (TPSA) is 38.7 Å². The van der Waals surface area contributed by atoms with Crippen molar-refractivity contribution in [3.8, 4) is 0 Å². The Bertz CT molecular complexity index is 225. The van der Waals surface area contributed by atoms with Crippen molar-refractivity contribution in [2.45, 2.75) is 32.8 Å². The molecule has 0 saturated carbocycles. The van der Waals surface area contributed by atoms with E-state index in [4.69, 9.17) is 0 Å². The summed E-state index contributed by atoms with van der Waals surface area (Å²) in [6.07, 6.45) is 2.30. The van der Waals surface area contributed by atoms with E-state index in [0.717, 1.165) is 38.6 Å². The number of rotatable bonds is 8. The number of hydrogen-bond acceptors (Lipinski definition) is 4. The smallest absolute Gasteiger partial charge is 0.0791 e. The van der Waals surface area contributed by atoms with E-state index < -0.39 is 0 Å². The van der Waals surface area contributed by atoms with Gasteiger partial charge in [0.1, 0.15) is 0 Å². The highest BCUT2D eigenvalue weighted by Crippen LogP contribution is 2.17. The first-order valence-electron chi connectivity index (χ1n) is 7.73. The SMILES string of the molecule is CC(C)CNCC(O)CN1CCC(CN(C)C)CC1. The van der Waals surface area contributed by atoms with E-state index in [1.165, 1.54) is 19.4 Å². The second-order valence-corrected chi connectivity index (χ2v) is 6.71. The fraction of sp³-hybridized carbons (Fsp3) is 1.00. The molecular formula is C15H33N3O. The molecule has 4 heteroatoms. The Balaban J connectivity index is 2.11. The van der Waals surface area contributed by atoms with Gasteiger partial charge >= 0.3 is 0 Å². The number of nitrogens with zero attached hydrogens (tertiary/aromatic N) is 2. The Labute approximate surface area is 119 Å². The lowest BCUT2D eigenvalue weighted by atomic mass is 9.96. The minimum Gasteiger partial charge on any atom is -0.390 e. The minimum absolute atomic E-state index is 0.232. The van der Waals surface area contributed by atoms with Gasteiger partial charge in [-0.2, -0.15) is 0 Å². The van der Waals surface area contributed by atoms with Gasteiger partial charge in [0, 0.05) is 19.6 Å². The molecule has 0 aromatic rings. The first-order valence-corrected chi connectivity index (χ1v) is 7.73. The largest absolute Gasteiger partial charge is 0.390 e. The molecule has 0 spiro atoms. The Hall–Kier alpha value is -0.160. The molecule has 0 aliphatic carbocycles. The first kappa shape index (κ1) is 16.9. The van der Waals surface area contributed by atoms with Gasteiger partial charge < -0.3 is 20.2 Å². The van der Waals surface area contributed by atoms with Crippen molar-refractivity contribution in [1.29, 1.82) is 0 Å². The van der Waals surface area contributed by atoms with Crippen LogP contribution in [0.2, 0.25) is 0 Å². The van der Waals surface area contributed by atoms with Crippen LogP contribution in [0.5, 0.6) is 0 Å². The van der Waals surface area contributed by atoms with Gasteiger partial charge in [-0.3, -0.25) is 0 Å². The molecule has 0 aromatic heterocycles. The maximum atomic E-state index is 10.0. The zero-order chi connectivity index (χ0) is 14.3. The van der Waals surface area contributed by atoms with Crippen LogP contribution in [0.25, 0.3) is 0 Å². The molecule has 1 fully saturated rings. The highest BCUT2D eigenvalue weighted by molar-refractivity contribution is 4.76. The molecule has 1 saturated heterocycles. The summed E-state index contributed by atoms with van der Waals surface area (Å²) >= 11 is 0. The number of aliphatic hydroxyl groups is 1. The van der Waals surface area contributed by atoms with E-state index in [-0.39, 0.29) is 6.10 Å². The summed E-state index contributed by atoms with van der Waals surface area (Å²) in [6, 6.07) is 0. The lowest BCUT2D eigenvalue weighted by molar-refractivity contribution is 0.0839. The zero-order valence-electron chi connectivity index (χ0n) is 13.2. The average molecular weight is 271 g/mol. The summed E-state index contributed by atoms with van der Waals surface area (Å²) in [5, 5.41) is 13.3. The summed E-state index contributed by atoms with van der Waals surface area (Å²) in [5.74, 6) is 1.48. The molecule has 4 nitrogen and oxygen atoms in total. The summed E-state index contributed by atoms with van der Waals surface area (Å²) in [6.45, 7) is 10.4. The third kappa shape index (κ3) is 7.88. The van der Waals surface area contributed by atoms with Crippen molar-refractivity contribution >= 4 is 0 Å². The molecular weight excluding hydrogens is 238 g/mol. The molecule has 1 aliphatic heterocycles. The predicted molar refractivity (Wildman–Crippen MR) is 81.4 cm³/mol. The predicted octanol–water partition coefficient (Wildman–Crippen LogP) is 0.867. The molecule has 0 radical (unpaired) electrons. The Morgan fingerprint density at radius 3 is 2.37 bits per heavy atom. The maximum absolute atomic E-state index is 10.0. The summed E-state index contributed by atoms with van der Waals surface area (Å²) in [5.41, 5.74) is 0. The van der Waals surface area contributed by atoms with Crippen LogP contribution in [-0.4, -0.2) is 74.4 Å². The molecule has 0 bridgehead atoms. The Kier molecular flexibility index (Phi) is 7.91. The van der Waals surface area contributed by atoms with Gasteiger partial charge in [-0.1, -0.05) is 13.8 Å². The quantitative estimate of drug-likeness (QED) is 0.687. The fourth-order valence-corrected chi connectivity index (χ4v) is 2.77. The van der Waals surface area contributed by atoms with E-state index in [9.17, 15) is 5.11 Å². The van der Waals surface area contributed by atoms with Gasteiger partial charge in [-0.15, -0.1) is 0 Å². The van der Waals surface area contributed by atoms with Crippen LogP contribution < -0.4 is 5.32 Å². The molecule has 1 atom stereocenters. The van der Waals surface area contributed by atoms with E-state index in [1.807, 2.05) is 0 Å². The van der Waals surface area contributed by atoms with Gasteiger partial charge in [-0.05, 0) is 58.4 Å². The Morgan fingerprint density at radius 1 is 1.21 bits per heavy atom. The highest BCUT2D eigenvalue weighted by atomic mass is 16.3. The molecule has 1 aliphatic rings. The molecule has 2 N–H and O–H groups in total. The maximum Gasteiger partial charge on any atom is 0.0791 e. The van der Waals surface area contributed by atoms with Crippen molar-refractivity contribution in [2.75, 3.05) is 53.4 Å². The van der Waals surface area contributed by atoms with Gasteiger partial charge in [0.2, 0.25) is 0 Å². The molecule has 114 valence electrons. The number of β-amino-alcohol motifs (C(OH)–C–C–N with tert-alkyl or cyclic N) is 1. The van der Waals surface area contributed by atoms with Crippen molar-refractivity contribution < 1.29 is 5.11 Å². The molecule has 1 heterocycles. The monoisotopic (exact) mass is 271 g/mol. The van der Waals surface area contributed by atoms with Gasteiger partial charge in [-0.25, -0.2) is 0 Å². The second kappa shape index (κ2) is 8.90. The molecule has 1 rings (SSSR count). The molecule has 19 heavy (non-hydrogen) atoms. The van der Waals surface area contributed by atoms with Crippen molar-refractivity contribution in [3.63, 3.8) is 0 Å². The summed E-state index contributed by atoms with van der Waals surface area (Å²) in [7, 11) is 4.30. The third-order valence-electron chi connectivity index (χ3n) is 3.73. The summed E-state index contributed by atoms with van der Waals surface area (Å²) < 4.78 is 0. The number of nitrogens with one attached hydrogen (secondary N) is 1. The fourth-order valence-electron chi connectivity index (χ4n) is 2.77. The number of aliphatic hydroxyl groups excluding tert-OH is 1. The van der Waals surface area contributed by atoms with Crippen LogP contribution in [0.15, 0.2) is 0 Å². The van der Waals surface area contributed by atoms with E-state index in [0.29, 0.717) is 5.92 Å². The van der Waals surface area contributed by atoms with Crippen LogP contribution in [0.1, 0.15) is 26.7 Å². The van der Waals surface area contributed by atoms with Gasteiger partial charge in [0.15, 0.2) is 0 Å². The van der Waals surface area contributed by atoms with E-state index in [1.54, 1.807) is 0 Å². The van der Waals surface area contributed by atoms with Crippen molar-refractivity contribution in [1.82, 2.24) is 15.1 Å². The van der Waals surface area contributed by atoms with Crippen LogP contribution in [0.3, 0.4) is 0 Å². The molecule has 0 aromatic carbocycles. The lowest BCUT2D eigenvalue weighted by Gasteiger charge is -2.34. The molecule has 1 unspecified atom stereocenters. The van der Waals surface area contributed by atoms with Crippen LogP contribution >= 0.6 is 0 Å². The number of likely N-dealkylation sites (tertiary alicyclic amines) is 1. The van der Waals surface area contributed by atoms with Crippen molar-refractivity contribution in [3.05, 3.63) is 0 Å². The van der Waals surface area contributed by atoms with E-state index in [2.05, 4.69) is 43.1 Å². The number of piperidine rings is 1. The van der Waals surface area contributed by atoms with Crippen molar-refractivity contribution in [2.24, 2.45) is 11.8 Å². The average Bonchev–Trinajstić information content (AvgIpc) is 2.30. The Morgan fingerprint density at radius 2 is 1.84 bits per heavy atom. The van der Waals surface area contributed by atoms with Gasteiger partial charge in [0.05, 0.1) is 6.10 Å². The highest BCUT2D eigenvalue weighted by Gasteiger charge is 2.21. The second-order valence-electron chi connectivity index (χ2n) is 6.71. The summed E-state index contributed by atoms with van der Waals surface area (Å²) in [4.78, 5) is 4.69. The van der Waals surface area contributed by atoms with Gasteiger partial charge in [0.25, 0.3) is 0 Å². The minimum atomic E-state index is -0.232. The van der Waals surface area contributed by atoms with Crippen LogP contribution in [0.4, 0.5) is 0 Å². The lowest BCUT2D eigenvalue weighted by Crippen LogP contribution is -2.43. The standard InChI is InChI=1S/C15H33N3O/c1-13(2)9-16-10-15(19)12-18-7-5-14(6-8-18)11-17(3)4/h13-16,19H,5-12H2,1-4H3.